The summed E-state index contributed by atoms with van der Waals surface area (Å²) >= 11 is 0. The molecule has 2 N–H and O–H groups in total. The molecule has 1 unspecified atom stereocenters. The third-order valence-corrected chi connectivity index (χ3v) is 6.76. The van der Waals surface area contributed by atoms with Crippen LogP contribution < -0.4 is 0 Å². The number of aliphatic carboxylic acids is 1. The maximum Gasteiger partial charge on any atom is 0.329 e. The van der Waals surface area contributed by atoms with E-state index in [1.54, 1.807) is 0 Å². The van der Waals surface area contributed by atoms with Crippen molar-refractivity contribution in [3.63, 3.8) is 0 Å². The van der Waals surface area contributed by atoms with Gasteiger partial charge in [-0.15, -0.1) is 5.54 Å². The molecule has 1 saturated carbocycles. The predicted octanol–water partition coefficient (Wildman–Crippen LogP) is 5.38. The fourth-order valence-corrected chi connectivity index (χ4v) is 4.68. The molecule has 0 amide bonds. The van der Waals surface area contributed by atoms with Crippen molar-refractivity contribution in [2.75, 3.05) is 13.2 Å². The van der Waals surface area contributed by atoms with Gasteiger partial charge in [0.1, 0.15) is 26.1 Å². The molecular weight excluding hydrogens is 420 g/mol. The van der Waals surface area contributed by atoms with Gasteiger partial charge in [0.15, 0.2) is 0 Å². The average molecular weight is 465 g/mol. The van der Waals surface area contributed by atoms with Gasteiger partial charge >= 0.3 is 5.97 Å². The van der Waals surface area contributed by atoms with Gasteiger partial charge in [0.25, 0.3) is 0 Å². The van der Waals surface area contributed by atoms with Crippen LogP contribution in [0.4, 0.5) is 0 Å². The van der Waals surface area contributed by atoms with Crippen LogP contribution in [0, 0.1) is 23.3 Å². The van der Waals surface area contributed by atoms with E-state index in [-0.39, 0.29) is 18.4 Å². The number of hydrogen-bond donors (Lipinski definition) is 2. The standard InChI is InChI=1S/C26H44O5Si/c1-5-6-7-9-16-26(30,18-20-32(2,3)4)17-11-12-22-14-15-24(27)23(22)13-8-10-19-31-21-25(28)29/h11-12,22-23,30H,5-10,13-17,19,21H2,1-4H3,(H,28,29)/t22-,23+,26?/m0/s1. The number of ether oxygens (including phenoxy) is 1. The van der Waals surface area contributed by atoms with Crippen molar-refractivity contribution in [1.29, 1.82) is 0 Å². The van der Waals surface area contributed by atoms with Crippen LogP contribution in [-0.4, -0.2) is 48.9 Å². The summed E-state index contributed by atoms with van der Waals surface area (Å²) in [5, 5.41) is 19.8. The van der Waals surface area contributed by atoms with E-state index in [9.17, 15) is 14.7 Å². The maximum atomic E-state index is 12.4. The highest BCUT2D eigenvalue weighted by Gasteiger charge is 2.32. The monoisotopic (exact) mass is 464 g/mol. The lowest BCUT2D eigenvalue weighted by Gasteiger charge is -2.22. The van der Waals surface area contributed by atoms with E-state index < -0.39 is 19.6 Å². The van der Waals surface area contributed by atoms with Crippen LogP contribution in [-0.2, 0) is 14.3 Å². The van der Waals surface area contributed by atoms with Crippen LogP contribution in [0.2, 0.25) is 19.6 Å². The number of ketones is 1. The fraction of sp³-hybridized carbons (Fsp3) is 0.769. The maximum absolute atomic E-state index is 12.4. The summed E-state index contributed by atoms with van der Waals surface area (Å²) in [6.07, 6.45) is 13.7. The van der Waals surface area contributed by atoms with Crippen LogP contribution in [0.15, 0.2) is 12.2 Å². The van der Waals surface area contributed by atoms with Gasteiger partial charge in [-0.25, -0.2) is 4.79 Å². The second-order valence-electron chi connectivity index (χ2n) is 10.2. The van der Waals surface area contributed by atoms with Crippen LogP contribution >= 0.6 is 0 Å². The molecule has 0 aromatic heterocycles. The van der Waals surface area contributed by atoms with Crippen LogP contribution in [0.25, 0.3) is 0 Å². The molecule has 6 heteroatoms. The summed E-state index contributed by atoms with van der Waals surface area (Å²) in [7, 11) is -1.57. The third kappa shape index (κ3) is 12.6. The lowest BCUT2D eigenvalue weighted by atomic mass is 9.88. The highest BCUT2D eigenvalue weighted by Crippen LogP contribution is 2.34. The van der Waals surface area contributed by atoms with Crippen LogP contribution in [0.3, 0.4) is 0 Å². The number of carboxylic acids is 1. The molecule has 5 nitrogen and oxygen atoms in total. The number of unbranched alkanes of at least 4 members (excludes halogenated alkanes) is 4. The molecule has 0 heterocycles. The van der Waals surface area contributed by atoms with Gasteiger partial charge in [0, 0.05) is 25.4 Å². The highest BCUT2D eigenvalue weighted by atomic mass is 28.3. The highest BCUT2D eigenvalue weighted by molar-refractivity contribution is 6.83. The smallest absolute Gasteiger partial charge is 0.329 e. The summed E-state index contributed by atoms with van der Waals surface area (Å²) in [6, 6.07) is 0. The van der Waals surface area contributed by atoms with Crippen molar-refractivity contribution in [2.24, 2.45) is 11.8 Å². The second kappa shape index (κ2) is 14.7. The average Bonchev–Trinajstić information content (AvgIpc) is 3.05. The lowest BCUT2D eigenvalue weighted by Crippen LogP contribution is -2.28. The molecule has 1 fully saturated rings. The first kappa shape index (κ1) is 28.6. The van der Waals surface area contributed by atoms with Gasteiger partial charge in [-0.3, -0.25) is 4.79 Å². The fourth-order valence-electron chi connectivity index (χ4n) is 4.07. The Kier molecular flexibility index (Phi) is 13.1. The number of carboxylic acid groups (broad SMARTS) is 1. The Morgan fingerprint density at radius 2 is 1.97 bits per heavy atom. The Morgan fingerprint density at radius 3 is 2.62 bits per heavy atom. The first-order valence-corrected chi connectivity index (χ1v) is 15.8. The molecule has 0 aliphatic heterocycles. The Hall–Kier alpha value is -1.42. The molecule has 182 valence electrons. The minimum atomic E-state index is -1.57. The zero-order chi connectivity index (χ0) is 24.0. The summed E-state index contributed by atoms with van der Waals surface area (Å²) in [5.74, 6) is 2.82. The Morgan fingerprint density at radius 1 is 1.22 bits per heavy atom. The Labute approximate surface area is 196 Å². The summed E-state index contributed by atoms with van der Waals surface area (Å²) in [6.45, 7) is 8.89. The molecule has 1 rings (SSSR count). The van der Waals surface area contributed by atoms with Gasteiger partial charge in [-0.1, -0.05) is 70.3 Å². The Balaban J connectivity index is 2.62. The Bertz CT molecular complexity index is 670. The predicted molar refractivity (Wildman–Crippen MR) is 132 cm³/mol. The van der Waals surface area contributed by atoms with Gasteiger partial charge in [-0.2, -0.15) is 0 Å². The quantitative estimate of drug-likeness (QED) is 0.147. The number of carbonyl (C=O) groups excluding carboxylic acids is 1. The van der Waals surface area contributed by atoms with Gasteiger partial charge in [0.05, 0.1) is 0 Å². The van der Waals surface area contributed by atoms with E-state index in [1.807, 2.05) is 6.08 Å². The van der Waals surface area contributed by atoms with Crippen molar-refractivity contribution in [3.8, 4) is 11.5 Å². The summed E-state index contributed by atoms with van der Waals surface area (Å²) in [4.78, 5) is 22.8. The normalized spacial score (nSPS) is 20.8. The molecule has 1 aliphatic rings. The number of aliphatic hydroxyl groups is 1. The largest absolute Gasteiger partial charge is 0.480 e. The minimum Gasteiger partial charge on any atom is -0.480 e. The number of allylic oxidation sites excluding steroid dienone is 1. The zero-order valence-corrected chi connectivity index (χ0v) is 21.6. The first-order valence-electron chi connectivity index (χ1n) is 12.3. The van der Waals surface area contributed by atoms with Crippen molar-refractivity contribution >= 4 is 19.8 Å². The van der Waals surface area contributed by atoms with Crippen molar-refractivity contribution in [1.82, 2.24) is 0 Å². The van der Waals surface area contributed by atoms with E-state index >= 15 is 0 Å². The number of hydrogen-bond acceptors (Lipinski definition) is 4. The van der Waals surface area contributed by atoms with E-state index in [1.165, 1.54) is 12.8 Å². The number of carbonyl (C=O) groups is 2. The lowest BCUT2D eigenvalue weighted by molar-refractivity contribution is -0.142. The van der Waals surface area contributed by atoms with Gasteiger partial charge in [0.2, 0.25) is 0 Å². The van der Waals surface area contributed by atoms with E-state index in [0.29, 0.717) is 31.7 Å². The molecule has 3 atom stereocenters. The zero-order valence-electron chi connectivity index (χ0n) is 20.6. The van der Waals surface area contributed by atoms with Gasteiger partial charge < -0.3 is 14.9 Å². The molecule has 0 radical (unpaired) electrons. The van der Waals surface area contributed by atoms with Crippen molar-refractivity contribution in [2.45, 2.75) is 103 Å². The van der Waals surface area contributed by atoms with Crippen LogP contribution in [0.1, 0.15) is 77.6 Å². The molecule has 1 aliphatic carbocycles. The molecule has 0 aromatic carbocycles. The molecule has 32 heavy (non-hydrogen) atoms. The van der Waals surface area contributed by atoms with E-state index in [4.69, 9.17) is 9.84 Å². The molecular formula is C26H44O5Si. The third-order valence-electron chi connectivity index (χ3n) is 5.89. The number of rotatable bonds is 15. The second-order valence-corrected chi connectivity index (χ2v) is 14.9. The molecule has 0 bridgehead atoms. The molecule has 0 aromatic rings. The number of Topliss-reactive ketones (excluding diaryl/α,β-unsaturated/α-hetero) is 1. The van der Waals surface area contributed by atoms with Crippen molar-refractivity contribution in [3.05, 3.63) is 12.2 Å². The molecule has 0 spiro atoms. The summed E-state index contributed by atoms with van der Waals surface area (Å²) in [5.41, 5.74) is 2.37. The minimum absolute atomic E-state index is 0.0245. The van der Waals surface area contributed by atoms with E-state index in [2.05, 4.69) is 44.1 Å². The van der Waals surface area contributed by atoms with Crippen molar-refractivity contribution < 1.29 is 24.5 Å². The summed E-state index contributed by atoms with van der Waals surface area (Å²) < 4.78 is 5.07. The topological polar surface area (TPSA) is 83.8 Å². The van der Waals surface area contributed by atoms with Gasteiger partial charge in [-0.05, 0) is 38.0 Å². The van der Waals surface area contributed by atoms with E-state index in [0.717, 1.165) is 38.5 Å². The first-order chi connectivity index (χ1) is 15.1. The SMILES string of the molecule is CCCCCCC(O)(C#C[Si](C)(C)C)CC=C[C@H]1CCC(=O)[C@@H]1CCCCOCC(=O)O. The van der Waals surface area contributed by atoms with Crippen LogP contribution in [0.5, 0.6) is 0 Å². The molecule has 0 saturated heterocycles.